The van der Waals surface area contributed by atoms with Gasteiger partial charge in [-0.2, -0.15) is 0 Å². The summed E-state index contributed by atoms with van der Waals surface area (Å²) in [6.07, 6.45) is 8.45. The van der Waals surface area contributed by atoms with Gasteiger partial charge in [0.25, 0.3) is 0 Å². The molecular formula is C19H25NO. The van der Waals surface area contributed by atoms with Gasteiger partial charge in [0.15, 0.2) is 0 Å². The topological polar surface area (TPSA) is 25.2 Å². The number of rotatable bonds is 4. The Bertz CT molecular complexity index is 520. The van der Waals surface area contributed by atoms with Gasteiger partial charge >= 0.3 is 0 Å². The van der Waals surface area contributed by atoms with E-state index in [1.54, 1.807) is 6.26 Å². The smallest absolute Gasteiger partial charge is 0.125 e. The molecule has 1 aliphatic carbocycles. The van der Waals surface area contributed by atoms with E-state index in [4.69, 9.17) is 4.42 Å². The molecule has 1 aromatic heterocycles. The lowest BCUT2D eigenvalue weighted by Crippen LogP contribution is -2.37. The summed E-state index contributed by atoms with van der Waals surface area (Å²) in [4.78, 5) is 0. The molecule has 0 bridgehead atoms. The minimum Gasteiger partial charge on any atom is -0.467 e. The molecule has 0 spiro atoms. The van der Waals surface area contributed by atoms with E-state index in [2.05, 4.69) is 48.6 Å². The second-order valence-electron chi connectivity index (χ2n) is 6.25. The molecule has 3 unspecified atom stereocenters. The van der Waals surface area contributed by atoms with Crippen molar-refractivity contribution in [3.8, 4) is 0 Å². The SMILES string of the molecule is CC1CCCCCC1NC(c1ccccc1)c1ccco1. The summed E-state index contributed by atoms with van der Waals surface area (Å²) in [6.45, 7) is 2.38. The van der Waals surface area contributed by atoms with Crippen LogP contribution < -0.4 is 5.32 Å². The largest absolute Gasteiger partial charge is 0.467 e. The van der Waals surface area contributed by atoms with Gasteiger partial charge in [0.05, 0.1) is 12.3 Å². The lowest BCUT2D eigenvalue weighted by molar-refractivity contribution is 0.318. The standard InChI is InChI=1S/C19H25NO/c1-15-9-4-2-7-12-17(15)20-19(18-13-8-14-21-18)16-10-5-3-6-11-16/h3,5-6,8,10-11,13-15,17,19-20H,2,4,7,9,12H2,1H3. The van der Waals surface area contributed by atoms with Crippen molar-refractivity contribution in [2.75, 3.05) is 0 Å². The molecule has 1 saturated carbocycles. The molecule has 3 atom stereocenters. The van der Waals surface area contributed by atoms with Crippen molar-refractivity contribution in [2.24, 2.45) is 5.92 Å². The van der Waals surface area contributed by atoms with Crippen molar-refractivity contribution < 1.29 is 4.42 Å². The molecule has 0 radical (unpaired) electrons. The number of hydrogen-bond acceptors (Lipinski definition) is 2. The maximum Gasteiger partial charge on any atom is 0.125 e. The molecule has 2 aromatic rings. The fourth-order valence-corrected chi connectivity index (χ4v) is 3.40. The van der Waals surface area contributed by atoms with Crippen LogP contribution in [0.25, 0.3) is 0 Å². The van der Waals surface area contributed by atoms with Crippen LogP contribution in [-0.2, 0) is 0 Å². The van der Waals surface area contributed by atoms with E-state index >= 15 is 0 Å². The van der Waals surface area contributed by atoms with E-state index < -0.39 is 0 Å². The summed E-state index contributed by atoms with van der Waals surface area (Å²) in [7, 11) is 0. The summed E-state index contributed by atoms with van der Waals surface area (Å²) < 4.78 is 5.70. The minimum absolute atomic E-state index is 0.159. The zero-order valence-corrected chi connectivity index (χ0v) is 12.8. The van der Waals surface area contributed by atoms with E-state index in [-0.39, 0.29) is 6.04 Å². The van der Waals surface area contributed by atoms with Crippen LogP contribution in [0.4, 0.5) is 0 Å². The molecule has 2 heteroatoms. The second-order valence-corrected chi connectivity index (χ2v) is 6.25. The van der Waals surface area contributed by atoms with E-state index in [9.17, 15) is 0 Å². The summed E-state index contributed by atoms with van der Waals surface area (Å²) in [5.41, 5.74) is 1.28. The Hall–Kier alpha value is -1.54. The van der Waals surface area contributed by atoms with Crippen LogP contribution in [0.2, 0.25) is 0 Å². The number of benzene rings is 1. The van der Waals surface area contributed by atoms with Crippen LogP contribution in [0.5, 0.6) is 0 Å². The highest BCUT2D eigenvalue weighted by atomic mass is 16.3. The Morgan fingerprint density at radius 2 is 1.81 bits per heavy atom. The van der Waals surface area contributed by atoms with Gasteiger partial charge in [-0.05, 0) is 36.5 Å². The van der Waals surface area contributed by atoms with Crippen LogP contribution in [0.1, 0.15) is 56.4 Å². The monoisotopic (exact) mass is 283 g/mol. The van der Waals surface area contributed by atoms with Crippen LogP contribution in [0.3, 0.4) is 0 Å². The van der Waals surface area contributed by atoms with Crippen molar-refractivity contribution in [3.63, 3.8) is 0 Å². The zero-order valence-electron chi connectivity index (χ0n) is 12.8. The Morgan fingerprint density at radius 3 is 2.57 bits per heavy atom. The van der Waals surface area contributed by atoms with Gasteiger partial charge in [-0.1, -0.05) is 56.5 Å². The highest BCUT2D eigenvalue weighted by molar-refractivity contribution is 5.26. The van der Waals surface area contributed by atoms with Crippen molar-refractivity contribution in [3.05, 3.63) is 60.1 Å². The van der Waals surface area contributed by atoms with Crippen molar-refractivity contribution >= 4 is 0 Å². The van der Waals surface area contributed by atoms with Crippen molar-refractivity contribution in [2.45, 2.75) is 51.1 Å². The van der Waals surface area contributed by atoms with E-state index in [1.165, 1.54) is 37.7 Å². The van der Waals surface area contributed by atoms with E-state index in [0.717, 1.165) is 11.7 Å². The summed E-state index contributed by atoms with van der Waals surface area (Å²) >= 11 is 0. The lowest BCUT2D eigenvalue weighted by Gasteiger charge is -2.28. The Balaban J connectivity index is 1.82. The van der Waals surface area contributed by atoms with Gasteiger partial charge in [0.2, 0.25) is 0 Å². The first-order chi connectivity index (χ1) is 10.3. The van der Waals surface area contributed by atoms with Crippen LogP contribution in [-0.4, -0.2) is 6.04 Å². The van der Waals surface area contributed by atoms with Crippen LogP contribution in [0.15, 0.2) is 53.1 Å². The molecule has 0 saturated heterocycles. The molecule has 112 valence electrons. The Labute approximate surface area is 127 Å². The average Bonchev–Trinajstić information content (AvgIpc) is 2.97. The third-order valence-electron chi connectivity index (χ3n) is 4.70. The van der Waals surface area contributed by atoms with Gasteiger partial charge < -0.3 is 9.73 Å². The summed E-state index contributed by atoms with van der Waals surface area (Å²) in [5.74, 6) is 1.74. The molecule has 1 heterocycles. The van der Waals surface area contributed by atoms with Gasteiger partial charge in [-0.3, -0.25) is 0 Å². The van der Waals surface area contributed by atoms with E-state index in [0.29, 0.717) is 6.04 Å². The zero-order chi connectivity index (χ0) is 14.5. The Kier molecular flexibility index (Phi) is 4.76. The minimum atomic E-state index is 0.159. The first-order valence-corrected chi connectivity index (χ1v) is 8.19. The quantitative estimate of drug-likeness (QED) is 0.805. The van der Waals surface area contributed by atoms with Crippen LogP contribution >= 0.6 is 0 Å². The summed E-state index contributed by atoms with van der Waals surface area (Å²) in [5, 5.41) is 3.87. The van der Waals surface area contributed by atoms with Gasteiger partial charge in [-0.15, -0.1) is 0 Å². The fraction of sp³-hybridized carbons (Fsp3) is 0.474. The molecule has 3 rings (SSSR count). The molecule has 0 aliphatic heterocycles. The molecule has 21 heavy (non-hydrogen) atoms. The van der Waals surface area contributed by atoms with E-state index in [1.807, 2.05) is 6.07 Å². The normalized spacial score (nSPS) is 24.4. The average molecular weight is 283 g/mol. The number of hydrogen-bond donors (Lipinski definition) is 1. The molecule has 1 N–H and O–H groups in total. The molecule has 1 fully saturated rings. The molecule has 0 amide bonds. The van der Waals surface area contributed by atoms with Gasteiger partial charge in [0.1, 0.15) is 5.76 Å². The molecule has 2 nitrogen and oxygen atoms in total. The van der Waals surface area contributed by atoms with Crippen LogP contribution in [0, 0.1) is 5.92 Å². The van der Waals surface area contributed by atoms with Gasteiger partial charge in [-0.25, -0.2) is 0 Å². The molecule has 1 aromatic carbocycles. The third-order valence-corrected chi connectivity index (χ3v) is 4.70. The fourth-order valence-electron chi connectivity index (χ4n) is 3.40. The molecular weight excluding hydrogens is 258 g/mol. The van der Waals surface area contributed by atoms with Crippen molar-refractivity contribution in [1.82, 2.24) is 5.32 Å². The number of furan rings is 1. The lowest BCUT2D eigenvalue weighted by atomic mass is 9.94. The predicted octanol–water partition coefficient (Wildman–Crippen LogP) is 4.93. The maximum absolute atomic E-state index is 5.70. The van der Waals surface area contributed by atoms with Crippen molar-refractivity contribution in [1.29, 1.82) is 0 Å². The highest BCUT2D eigenvalue weighted by Gasteiger charge is 2.25. The predicted molar refractivity (Wildman–Crippen MR) is 86.2 cm³/mol. The third kappa shape index (κ3) is 3.56. The number of nitrogens with one attached hydrogen (secondary N) is 1. The highest BCUT2D eigenvalue weighted by Crippen LogP contribution is 2.28. The first kappa shape index (κ1) is 14.4. The first-order valence-electron chi connectivity index (χ1n) is 8.19. The molecule has 1 aliphatic rings. The Morgan fingerprint density at radius 1 is 1.00 bits per heavy atom. The second kappa shape index (κ2) is 6.95. The maximum atomic E-state index is 5.70. The summed E-state index contributed by atoms with van der Waals surface area (Å²) in [6, 6.07) is 15.4. The van der Waals surface area contributed by atoms with Gasteiger partial charge in [0, 0.05) is 6.04 Å².